The summed E-state index contributed by atoms with van der Waals surface area (Å²) in [5.41, 5.74) is 0. The summed E-state index contributed by atoms with van der Waals surface area (Å²) in [6, 6.07) is 0. The van der Waals surface area contributed by atoms with Crippen LogP contribution in [0.4, 0.5) is 0 Å². The van der Waals surface area contributed by atoms with Crippen LogP contribution in [0.2, 0.25) is 0 Å². The summed E-state index contributed by atoms with van der Waals surface area (Å²) in [7, 11) is 0. The molecule has 0 saturated carbocycles. The third-order valence-corrected chi connectivity index (χ3v) is 18.0. The minimum Gasteiger partial charge on any atom is -0.509 e. The molecule has 10 N–H and O–H groups in total. The van der Waals surface area contributed by atoms with E-state index in [2.05, 4.69) is 19.7 Å². The van der Waals surface area contributed by atoms with Gasteiger partial charge in [-0.25, -0.2) is 52.7 Å². The maximum atomic E-state index is 11.6. The molecule has 12 heterocycles. The molecule has 0 amide bonds. The summed E-state index contributed by atoms with van der Waals surface area (Å²) in [5, 5.41) is 88.7. The lowest BCUT2D eigenvalue weighted by Gasteiger charge is -2.16. The van der Waals surface area contributed by atoms with Gasteiger partial charge in [-0.2, -0.15) is 0 Å². The van der Waals surface area contributed by atoms with Gasteiger partial charge in [0.1, 0.15) is 109 Å². The molecular formula is C78H94O46. The fourth-order valence-electron chi connectivity index (χ4n) is 12.8. The second-order valence-electron chi connectivity index (χ2n) is 27.4. The number of esters is 9. The minimum absolute atomic E-state index is 0. The zero-order valence-corrected chi connectivity index (χ0v) is 65.3. The maximum Gasteiger partial charge on any atom is 0.331 e. The number of ketones is 2. The number of hydrogen-bond donors (Lipinski definition) is 10. The lowest BCUT2D eigenvalue weighted by atomic mass is 10.1. The summed E-state index contributed by atoms with van der Waals surface area (Å²) < 4.78 is 110. The van der Waals surface area contributed by atoms with Gasteiger partial charge in [-0.15, -0.1) is 0 Å². The quantitative estimate of drug-likeness (QED) is 0.0128. The Morgan fingerprint density at radius 2 is 0.419 bits per heavy atom. The van der Waals surface area contributed by atoms with E-state index in [0.717, 1.165) is 79.0 Å². The summed E-state index contributed by atoms with van der Waals surface area (Å²) in [6.07, 6.45) is 0.532. The summed E-state index contributed by atoms with van der Waals surface area (Å²) in [5.74, 6) is -12.6. The largest absolute Gasteiger partial charge is 0.509 e. The molecule has 12 fully saturated rings. The summed E-state index contributed by atoms with van der Waals surface area (Å²) >= 11 is 0. The first-order chi connectivity index (χ1) is 58.3. The van der Waals surface area contributed by atoms with E-state index in [1.54, 1.807) is 0 Å². The molecule has 0 aromatic heterocycles. The van der Waals surface area contributed by atoms with Gasteiger partial charge in [-0.05, 0) is 44.2 Å². The number of carboxylic acids is 4. The standard InChI is InChI=1S/C15H18O9.2C15H16O9.2C11H14O6.C10H12O7.CH4/c3*1-8(16)2-4-12(19)23-9-6-21-15-10(7-22-14(9)15)24-13(20)5-3-11(17)18;2*1-6(12)2-3-9(14)17-8-5-16-10-7(13)4-15-11(8)10;11-5-3-15-10-6(4-16-9(5)10)17-8(14)2-1-7(12)13;/h2,4,9-10,14-16H,1,3,5-7H2,(H,17,18);2-5,9-10,14-15H,6-7H2,1H3,(H,17,18);2-5,9-10,14-16H,1,6-7H2,(H,17,18);2-3,7-8,10-11,13H,4-5H2,1H3;2-3,7-8,10-13H,1,4-5H2;1-2,5-6,9-11H,3-4H2,(H,12,13);1H4/b4-2-;4-2+,5-3+;4-2-,5-3-;3-2+;3-2-;2-1+;/t9-,10-,14-,15-;9-,10+,14+,15+;9-,10-,14-,15-;7-,8+,10-,11-;7-,8-,10-,11-;5-,6+,9+,10+;/m101110./s1. The highest BCUT2D eigenvalue weighted by molar-refractivity contribution is 5.96. The van der Waals surface area contributed by atoms with Crippen molar-refractivity contribution in [2.45, 2.75) is 181 Å². The van der Waals surface area contributed by atoms with Crippen LogP contribution in [-0.2, 0) is 171 Å². The number of aliphatic hydroxyl groups is 6. The van der Waals surface area contributed by atoms with Crippen LogP contribution in [0.25, 0.3) is 0 Å². The molecule has 12 rings (SSSR count). The van der Waals surface area contributed by atoms with Crippen molar-refractivity contribution in [3.8, 4) is 0 Å². The van der Waals surface area contributed by atoms with Crippen LogP contribution in [0, 0.1) is 0 Å². The number of hydrogen-bond acceptors (Lipinski definition) is 42. The molecule has 12 aliphatic heterocycles. The average molecular weight is 1770 g/mol. The topological polar surface area (TPSA) is 652 Å². The van der Waals surface area contributed by atoms with E-state index in [0.29, 0.717) is 18.2 Å². The lowest BCUT2D eigenvalue weighted by Crippen LogP contribution is -2.35. The molecule has 0 aromatic carbocycles. The van der Waals surface area contributed by atoms with Crippen LogP contribution in [0.5, 0.6) is 0 Å². The number of carboxylic acid groups (broad SMARTS) is 4. The smallest absolute Gasteiger partial charge is 0.331 e. The zero-order valence-electron chi connectivity index (χ0n) is 65.3. The number of allylic oxidation sites excluding steroid dienone is 5. The molecule has 0 aliphatic carbocycles. The van der Waals surface area contributed by atoms with Crippen LogP contribution in [0.15, 0.2) is 134 Å². The Kier molecular flexibility index (Phi) is 40.5. The number of fused-ring (bicyclic) bond motifs is 6. The van der Waals surface area contributed by atoms with Crippen molar-refractivity contribution in [1.29, 1.82) is 0 Å². The van der Waals surface area contributed by atoms with Gasteiger partial charge in [-0.3, -0.25) is 19.2 Å². The van der Waals surface area contributed by atoms with Gasteiger partial charge in [0.15, 0.2) is 66.5 Å². The van der Waals surface area contributed by atoms with Gasteiger partial charge in [0.2, 0.25) is 0 Å². The minimum atomic E-state index is -1.27. The first-order valence-corrected chi connectivity index (χ1v) is 37.1. The van der Waals surface area contributed by atoms with Crippen molar-refractivity contribution in [1.82, 2.24) is 0 Å². The predicted octanol–water partition coefficient (Wildman–Crippen LogP) is -2.41. The Morgan fingerprint density at radius 1 is 0.250 bits per heavy atom. The summed E-state index contributed by atoms with van der Waals surface area (Å²) in [6.45, 7) is 13.7. The molecule has 12 aliphatic rings. The van der Waals surface area contributed by atoms with E-state index < -0.39 is 224 Å². The van der Waals surface area contributed by atoms with E-state index in [-0.39, 0.29) is 128 Å². The Hall–Kier alpha value is -11.6. The second kappa shape index (κ2) is 49.6. The first-order valence-electron chi connectivity index (χ1n) is 37.1. The van der Waals surface area contributed by atoms with Gasteiger partial charge in [0.25, 0.3) is 0 Å². The second-order valence-corrected chi connectivity index (χ2v) is 27.4. The number of carbonyl (C=O) groups excluding carboxylic acids is 11. The fourth-order valence-corrected chi connectivity index (χ4v) is 12.8. The van der Waals surface area contributed by atoms with Gasteiger partial charge >= 0.3 is 77.6 Å². The van der Waals surface area contributed by atoms with Crippen LogP contribution < -0.4 is 0 Å². The van der Waals surface area contributed by atoms with E-state index in [1.807, 2.05) is 0 Å². The Balaban J connectivity index is 0.000000231. The Bertz CT molecular complexity index is 3720. The van der Waals surface area contributed by atoms with Crippen molar-refractivity contribution in [2.75, 3.05) is 79.3 Å². The van der Waals surface area contributed by atoms with E-state index >= 15 is 0 Å². The van der Waals surface area contributed by atoms with E-state index in [4.69, 9.17) is 135 Å². The van der Waals surface area contributed by atoms with Crippen LogP contribution >= 0.6 is 0 Å². The molecule has 124 heavy (non-hydrogen) atoms. The summed E-state index contributed by atoms with van der Waals surface area (Å²) in [4.78, 5) is 166. The lowest BCUT2D eigenvalue weighted by molar-refractivity contribution is -0.156. The monoisotopic (exact) mass is 1770 g/mol. The van der Waals surface area contributed by atoms with Crippen molar-refractivity contribution in [3.63, 3.8) is 0 Å². The highest BCUT2D eigenvalue weighted by Crippen LogP contribution is 2.36. The molecule has 12 saturated heterocycles. The molecule has 0 spiro atoms. The normalized spacial score (nSPS) is 31.5. The number of carbonyl (C=O) groups is 15. The number of ether oxygens (including phenoxy) is 21. The highest BCUT2D eigenvalue weighted by Gasteiger charge is 2.55. The molecule has 0 unspecified atom stereocenters. The van der Waals surface area contributed by atoms with Crippen LogP contribution in [0.1, 0.15) is 34.1 Å². The van der Waals surface area contributed by atoms with Gasteiger partial charge < -0.3 is 151 Å². The molecule has 0 aromatic rings. The van der Waals surface area contributed by atoms with Crippen molar-refractivity contribution in [3.05, 3.63) is 134 Å². The third-order valence-electron chi connectivity index (χ3n) is 18.0. The van der Waals surface area contributed by atoms with Crippen molar-refractivity contribution in [2.24, 2.45) is 0 Å². The SMILES string of the molecule is C.C=C(O)/C=C\C(=O)O[C@@H]1CO[C@H]2[C@@H]1OC[C@H]2O.C=C(O)/C=C\C(=O)O[C@@H]1CO[C@H]2[C@@H]1OC[C@H]2OC(=O)/C=C\C(=O)O.C=C(O)/C=C\C(=O)O[C@@H]1CO[C@H]2[C@@H]1OC[C@H]2OC(=O)CCC(=O)O.CC(=O)/C=C/C(=O)O[C@H]1CO[C@H]2[C@@H]1OC[C@H]2O.CC(=O)/C=C/C(=O)O[C@H]1CO[C@H]2[C@@H]1OC[C@H]2OC(=O)/C=C/C(=O)O.O=C(O)/C=C/C(=O)O[C@@H]1CO[C@H]2[C@@H]1OC[C@@H]2O. The van der Waals surface area contributed by atoms with Crippen molar-refractivity contribution < 1.29 is 222 Å². The molecule has 24 atom stereocenters. The predicted molar refractivity (Wildman–Crippen MR) is 400 cm³/mol. The first kappa shape index (κ1) is 101. The van der Waals surface area contributed by atoms with Crippen LogP contribution in [0.3, 0.4) is 0 Å². The Morgan fingerprint density at radius 3 is 0.605 bits per heavy atom. The van der Waals surface area contributed by atoms with Crippen molar-refractivity contribution >= 4 is 89.2 Å². The average Bonchev–Trinajstić information content (AvgIpc) is 1.65. The molecular weight excluding hydrogens is 1670 g/mol. The maximum absolute atomic E-state index is 11.6. The molecule has 0 bridgehead atoms. The van der Waals surface area contributed by atoms with Gasteiger partial charge in [-0.1, -0.05) is 27.2 Å². The molecule has 46 nitrogen and oxygen atoms in total. The number of rotatable bonds is 28. The Labute approximate surface area is 703 Å². The zero-order chi connectivity index (χ0) is 90.3. The van der Waals surface area contributed by atoms with Gasteiger partial charge in [0.05, 0.1) is 92.1 Å². The van der Waals surface area contributed by atoms with Gasteiger partial charge in [0, 0.05) is 66.8 Å². The molecule has 46 heteroatoms. The fraction of sp³-hybridized carbons (Fsp3) is 0.526. The molecule has 0 radical (unpaired) electrons. The van der Waals surface area contributed by atoms with E-state index in [9.17, 15) is 87.2 Å². The molecule has 682 valence electrons. The van der Waals surface area contributed by atoms with Crippen LogP contribution in [-0.4, -0.2) is 366 Å². The third kappa shape index (κ3) is 32.6. The highest BCUT2D eigenvalue weighted by atomic mass is 16.7. The van der Waals surface area contributed by atoms with E-state index in [1.165, 1.54) is 13.8 Å². The number of aliphatic hydroxyl groups excluding tert-OH is 6. The number of aliphatic carboxylic acids is 4.